The van der Waals surface area contributed by atoms with E-state index in [0.29, 0.717) is 23.2 Å². The van der Waals surface area contributed by atoms with Gasteiger partial charge in [-0.25, -0.2) is 0 Å². The molecule has 0 aromatic heterocycles. The number of hydrogen-bond acceptors (Lipinski definition) is 3. The first-order valence-corrected chi connectivity index (χ1v) is 8.22. The Bertz CT molecular complexity index is 813. The molecule has 0 spiro atoms. The second-order valence-corrected chi connectivity index (χ2v) is 6.37. The number of anilines is 1. The van der Waals surface area contributed by atoms with Gasteiger partial charge in [-0.1, -0.05) is 25.1 Å². The minimum absolute atomic E-state index is 0.170. The first kappa shape index (κ1) is 19.2. The zero-order valence-corrected chi connectivity index (χ0v) is 15.0. The molecule has 2 rings (SSSR count). The molecule has 0 heterocycles. The fraction of sp³-hybridized carbons (Fsp3) is 0.250. The van der Waals surface area contributed by atoms with Crippen LogP contribution < -0.4 is 5.32 Å². The first-order chi connectivity index (χ1) is 12.3. The van der Waals surface area contributed by atoms with E-state index in [4.69, 9.17) is 5.11 Å². The highest BCUT2D eigenvalue weighted by molar-refractivity contribution is 6.06. The number of carboxylic acids is 1. The summed E-state index contributed by atoms with van der Waals surface area (Å²) in [6.07, 6.45) is 0.429. The molecule has 0 aliphatic heterocycles. The lowest BCUT2D eigenvalue weighted by molar-refractivity contribution is -0.141. The van der Waals surface area contributed by atoms with Crippen LogP contribution in [-0.2, 0) is 11.2 Å². The summed E-state index contributed by atoms with van der Waals surface area (Å²) in [5.74, 6) is -1.79. The van der Waals surface area contributed by atoms with E-state index in [9.17, 15) is 14.4 Å². The topological polar surface area (TPSA) is 86.7 Å². The van der Waals surface area contributed by atoms with Gasteiger partial charge in [-0.15, -0.1) is 0 Å². The molecule has 1 atom stereocenters. The number of hydrogen-bond donors (Lipinski definition) is 2. The SMILES string of the molecule is CC(Cc1ccc(NC(=O)c2cccc(C(=O)N(C)C)c2)cc1)C(=O)O. The van der Waals surface area contributed by atoms with E-state index in [0.717, 1.165) is 5.56 Å². The number of carbonyl (C=O) groups excluding carboxylic acids is 2. The van der Waals surface area contributed by atoms with E-state index in [1.165, 1.54) is 4.90 Å². The summed E-state index contributed by atoms with van der Waals surface area (Å²) >= 11 is 0. The Balaban J connectivity index is 2.07. The zero-order valence-electron chi connectivity index (χ0n) is 15.0. The number of carbonyl (C=O) groups is 3. The first-order valence-electron chi connectivity index (χ1n) is 8.22. The van der Waals surface area contributed by atoms with Crippen molar-refractivity contribution in [1.82, 2.24) is 4.90 Å². The van der Waals surface area contributed by atoms with Crippen LogP contribution in [0.5, 0.6) is 0 Å². The van der Waals surface area contributed by atoms with Crippen LogP contribution in [0.15, 0.2) is 48.5 Å². The third-order valence-corrected chi connectivity index (χ3v) is 3.95. The minimum atomic E-state index is -0.838. The molecule has 6 heteroatoms. The number of rotatable bonds is 6. The van der Waals surface area contributed by atoms with Crippen LogP contribution in [0, 0.1) is 5.92 Å². The summed E-state index contributed by atoms with van der Waals surface area (Å²) in [4.78, 5) is 36.8. The standard InChI is InChI=1S/C20H22N2O4/c1-13(20(25)26)11-14-7-9-17(10-8-14)21-18(23)15-5-4-6-16(12-15)19(24)22(2)3/h4-10,12-13H,11H2,1-3H3,(H,21,23)(H,25,26). The van der Waals surface area contributed by atoms with Crippen LogP contribution in [-0.4, -0.2) is 41.9 Å². The number of benzene rings is 2. The Kier molecular flexibility index (Phi) is 6.11. The highest BCUT2D eigenvalue weighted by Gasteiger charge is 2.13. The molecule has 0 bridgehead atoms. The molecule has 26 heavy (non-hydrogen) atoms. The van der Waals surface area contributed by atoms with Gasteiger partial charge in [-0.3, -0.25) is 14.4 Å². The molecule has 0 aliphatic carbocycles. The average Bonchev–Trinajstić information content (AvgIpc) is 2.62. The number of amides is 2. The van der Waals surface area contributed by atoms with Crippen molar-refractivity contribution in [3.05, 3.63) is 65.2 Å². The second kappa shape index (κ2) is 8.29. The summed E-state index contributed by atoms with van der Waals surface area (Å²) in [6, 6.07) is 13.6. The summed E-state index contributed by atoms with van der Waals surface area (Å²) in [6.45, 7) is 1.65. The van der Waals surface area contributed by atoms with Crippen molar-refractivity contribution in [1.29, 1.82) is 0 Å². The van der Waals surface area contributed by atoms with Gasteiger partial charge < -0.3 is 15.3 Å². The third-order valence-electron chi connectivity index (χ3n) is 3.95. The molecule has 2 N–H and O–H groups in total. The highest BCUT2D eigenvalue weighted by atomic mass is 16.4. The van der Waals surface area contributed by atoms with Gasteiger partial charge in [0.1, 0.15) is 0 Å². The van der Waals surface area contributed by atoms with Gasteiger partial charge in [0, 0.05) is 30.9 Å². The van der Waals surface area contributed by atoms with Gasteiger partial charge in [-0.05, 0) is 42.3 Å². The molecule has 1 unspecified atom stereocenters. The number of carboxylic acid groups (broad SMARTS) is 1. The van der Waals surface area contributed by atoms with Gasteiger partial charge in [0.15, 0.2) is 0 Å². The predicted octanol–water partition coefficient (Wildman–Crippen LogP) is 2.90. The van der Waals surface area contributed by atoms with Crippen molar-refractivity contribution >= 4 is 23.5 Å². The van der Waals surface area contributed by atoms with Gasteiger partial charge in [0.25, 0.3) is 11.8 Å². The van der Waals surface area contributed by atoms with Crippen molar-refractivity contribution in [2.24, 2.45) is 5.92 Å². The van der Waals surface area contributed by atoms with E-state index >= 15 is 0 Å². The maximum Gasteiger partial charge on any atom is 0.306 e. The van der Waals surface area contributed by atoms with E-state index in [2.05, 4.69) is 5.32 Å². The molecule has 0 fully saturated rings. The Morgan fingerprint density at radius 2 is 1.65 bits per heavy atom. The summed E-state index contributed by atoms with van der Waals surface area (Å²) in [5.41, 5.74) is 2.32. The van der Waals surface area contributed by atoms with Gasteiger partial charge >= 0.3 is 5.97 Å². The number of nitrogens with zero attached hydrogens (tertiary/aromatic N) is 1. The lowest BCUT2D eigenvalue weighted by atomic mass is 10.0. The third kappa shape index (κ3) is 4.92. The van der Waals surface area contributed by atoms with E-state index < -0.39 is 11.9 Å². The van der Waals surface area contributed by atoms with Crippen molar-refractivity contribution in [2.45, 2.75) is 13.3 Å². The van der Waals surface area contributed by atoms with Crippen LogP contribution in [0.25, 0.3) is 0 Å². The molecule has 136 valence electrons. The second-order valence-electron chi connectivity index (χ2n) is 6.37. The summed E-state index contributed by atoms with van der Waals surface area (Å²) in [7, 11) is 3.31. The molecule has 0 saturated carbocycles. The Morgan fingerprint density at radius 1 is 1.04 bits per heavy atom. The van der Waals surface area contributed by atoms with Crippen LogP contribution >= 0.6 is 0 Å². The lowest BCUT2D eigenvalue weighted by Crippen LogP contribution is -2.22. The van der Waals surface area contributed by atoms with Gasteiger partial charge in [0.05, 0.1) is 5.92 Å². The smallest absolute Gasteiger partial charge is 0.306 e. The van der Waals surface area contributed by atoms with Crippen LogP contribution in [0.2, 0.25) is 0 Å². The average molecular weight is 354 g/mol. The molecule has 0 radical (unpaired) electrons. The molecule has 2 aromatic rings. The Morgan fingerprint density at radius 3 is 2.23 bits per heavy atom. The fourth-order valence-corrected chi connectivity index (χ4v) is 2.42. The molecule has 2 amide bonds. The van der Waals surface area contributed by atoms with Gasteiger partial charge in [-0.2, -0.15) is 0 Å². The number of aliphatic carboxylic acids is 1. The largest absolute Gasteiger partial charge is 0.481 e. The van der Waals surface area contributed by atoms with E-state index in [1.807, 2.05) is 0 Å². The Hall–Kier alpha value is -3.15. The van der Waals surface area contributed by atoms with Crippen molar-refractivity contribution in [3.63, 3.8) is 0 Å². The van der Waals surface area contributed by atoms with E-state index in [-0.39, 0.29) is 11.8 Å². The summed E-state index contributed by atoms with van der Waals surface area (Å²) in [5, 5.41) is 11.7. The molecule has 2 aromatic carbocycles. The quantitative estimate of drug-likeness (QED) is 0.835. The fourth-order valence-electron chi connectivity index (χ4n) is 2.42. The van der Waals surface area contributed by atoms with E-state index in [1.54, 1.807) is 69.6 Å². The van der Waals surface area contributed by atoms with Crippen LogP contribution in [0.4, 0.5) is 5.69 Å². The normalized spacial score (nSPS) is 11.5. The molecule has 6 nitrogen and oxygen atoms in total. The Labute approximate surface area is 152 Å². The number of nitrogens with one attached hydrogen (secondary N) is 1. The summed E-state index contributed by atoms with van der Waals surface area (Å²) < 4.78 is 0. The van der Waals surface area contributed by atoms with Crippen LogP contribution in [0.3, 0.4) is 0 Å². The molecular formula is C20H22N2O4. The molecule has 0 saturated heterocycles. The van der Waals surface area contributed by atoms with Crippen molar-refractivity contribution in [2.75, 3.05) is 19.4 Å². The monoisotopic (exact) mass is 354 g/mol. The maximum absolute atomic E-state index is 12.4. The molecular weight excluding hydrogens is 332 g/mol. The highest BCUT2D eigenvalue weighted by Crippen LogP contribution is 2.15. The van der Waals surface area contributed by atoms with Gasteiger partial charge in [0.2, 0.25) is 0 Å². The van der Waals surface area contributed by atoms with Crippen LogP contribution in [0.1, 0.15) is 33.2 Å². The minimum Gasteiger partial charge on any atom is -0.481 e. The zero-order chi connectivity index (χ0) is 19.3. The maximum atomic E-state index is 12.4. The van der Waals surface area contributed by atoms with Crippen molar-refractivity contribution < 1.29 is 19.5 Å². The van der Waals surface area contributed by atoms with Crippen molar-refractivity contribution in [3.8, 4) is 0 Å². The lowest BCUT2D eigenvalue weighted by Gasteiger charge is -2.11. The molecule has 0 aliphatic rings. The predicted molar refractivity (Wildman–Crippen MR) is 99.4 cm³/mol.